The van der Waals surface area contributed by atoms with Crippen molar-refractivity contribution in [2.45, 2.75) is 50.7 Å². The Morgan fingerprint density at radius 3 is 2.63 bits per heavy atom. The molecule has 2 rings (SSSR count). The lowest BCUT2D eigenvalue weighted by Crippen LogP contribution is -2.42. The average molecular weight is 263 g/mol. The summed E-state index contributed by atoms with van der Waals surface area (Å²) < 4.78 is 5.37. The molecule has 0 heterocycles. The summed E-state index contributed by atoms with van der Waals surface area (Å²) in [6.07, 6.45) is 4.53. The highest BCUT2D eigenvalue weighted by molar-refractivity contribution is 5.34. The molecule has 0 bridgehead atoms. The molecule has 0 spiro atoms. The van der Waals surface area contributed by atoms with Crippen LogP contribution in [-0.4, -0.2) is 30.4 Å². The van der Waals surface area contributed by atoms with E-state index in [-0.39, 0.29) is 0 Å². The molecule has 0 amide bonds. The van der Waals surface area contributed by atoms with Crippen LogP contribution in [0.15, 0.2) is 24.3 Å². The first kappa shape index (κ1) is 14.4. The Kier molecular flexibility index (Phi) is 4.83. The predicted octanol–water partition coefficient (Wildman–Crippen LogP) is 2.52. The molecule has 0 radical (unpaired) electrons. The van der Waals surface area contributed by atoms with Gasteiger partial charge in [-0.15, -0.1) is 0 Å². The van der Waals surface area contributed by atoms with E-state index in [9.17, 15) is 5.11 Å². The monoisotopic (exact) mass is 263 g/mol. The molecule has 19 heavy (non-hydrogen) atoms. The molecule has 0 atom stereocenters. The number of benzene rings is 1. The fourth-order valence-electron chi connectivity index (χ4n) is 3.03. The van der Waals surface area contributed by atoms with Gasteiger partial charge in [-0.2, -0.15) is 0 Å². The topological polar surface area (TPSA) is 41.5 Å². The van der Waals surface area contributed by atoms with Gasteiger partial charge >= 0.3 is 0 Å². The minimum atomic E-state index is -0.569. The van der Waals surface area contributed by atoms with Gasteiger partial charge in [-0.1, -0.05) is 25.1 Å². The molecule has 1 fully saturated rings. The molecule has 1 saturated carbocycles. The van der Waals surface area contributed by atoms with Crippen LogP contribution in [0.4, 0.5) is 0 Å². The highest BCUT2D eigenvalue weighted by atomic mass is 16.5. The van der Waals surface area contributed by atoms with E-state index in [0.717, 1.165) is 43.5 Å². The molecule has 0 aromatic heterocycles. The maximum Gasteiger partial charge on any atom is 0.122 e. The van der Waals surface area contributed by atoms with Gasteiger partial charge < -0.3 is 15.2 Å². The quantitative estimate of drug-likeness (QED) is 0.857. The smallest absolute Gasteiger partial charge is 0.122 e. The number of hydrogen-bond acceptors (Lipinski definition) is 3. The van der Waals surface area contributed by atoms with Crippen LogP contribution in [0.2, 0.25) is 0 Å². The molecule has 1 aromatic carbocycles. The van der Waals surface area contributed by atoms with Crippen molar-refractivity contribution in [3.8, 4) is 5.75 Å². The zero-order valence-corrected chi connectivity index (χ0v) is 12.0. The average Bonchev–Trinajstić information content (AvgIpc) is 2.42. The van der Waals surface area contributed by atoms with Crippen LogP contribution >= 0.6 is 0 Å². The number of ether oxygens (including phenoxy) is 1. The number of rotatable bonds is 5. The van der Waals surface area contributed by atoms with E-state index in [1.807, 2.05) is 24.3 Å². The molecule has 1 aliphatic carbocycles. The van der Waals surface area contributed by atoms with E-state index < -0.39 is 5.60 Å². The summed E-state index contributed by atoms with van der Waals surface area (Å²) in [4.78, 5) is 0. The van der Waals surface area contributed by atoms with Gasteiger partial charge in [-0.25, -0.2) is 0 Å². The molecule has 3 heteroatoms. The molecule has 0 saturated heterocycles. The third kappa shape index (κ3) is 3.71. The molecule has 1 aromatic rings. The summed E-state index contributed by atoms with van der Waals surface area (Å²) in [6, 6.07) is 8.55. The zero-order chi connectivity index (χ0) is 13.7. The first-order valence-corrected chi connectivity index (χ1v) is 7.24. The lowest BCUT2D eigenvalue weighted by Gasteiger charge is -2.36. The molecular weight excluding hydrogens is 238 g/mol. The summed E-state index contributed by atoms with van der Waals surface area (Å²) in [5.74, 6) is 0.879. The van der Waals surface area contributed by atoms with Crippen molar-refractivity contribution in [1.82, 2.24) is 5.32 Å². The van der Waals surface area contributed by atoms with Crippen LogP contribution in [0.3, 0.4) is 0 Å². The van der Waals surface area contributed by atoms with Crippen molar-refractivity contribution in [2.24, 2.45) is 0 Å². The minimum Gasteiger partial charge on any atom is -0.496 e. The molecule has 0 unspecified atom stereocenters. The van der Waals surface area contributed by atoms with Crippen LogP contribution in [0.5, 0.6) is 5.75 Å². The summed E-state index contributed by atoms with van der Waals surface area (Å²) >= 11 is 0. The highest BCUT2D eigenvalue weighted by Gasteiger charge is 2.33. The van der Waals surface area contributed by atoms with E-state index in [4.69, 9.17) is 4.74 Å². The van der Waals surface area contributed by atoms with Crippen LogP contribution in [0.1, 0.15) is 38.2 Å². The van der Waals surface area contributed by atoms with Crippen LogP contribution < -0.4 is 10.1 Å². The Morgan fingerprint density at radius 2 is 2.00 bits per heavy atom. The van der Waals surface area contributed by atoms with Gasteiger partial charge in [0, 0.05) is 12.5 Å². The van der Waals surface area contributed by atoms with Gasteiger partial charge in [0.25, 0.3) is 0 Å². The second-order valence-corrected chi connectivity index (χ2v) is 5.54. The standard InChI is InChI=1S/C16H25NO2/c1-3-17-14-8-10-16(18,11-9-14)12-13-6-4-5-7-15(13)19-2/h4-7,14,17-18H,3,8-12H2,1-2H3. The minimum absolute atomic E-state index is 0.569. The third-order valence-corrected chi connectivity index (χ3v) is 4.12. The van der Waals surface area contributed by atoms with Crippen LogP contribution in [0, 0.1) is 0 Å². The Balaban J connectivity index is 1.99. The zero-order valence-electron chi connectivity index (χ0n) is 12.0. The van der Waals surface area contributed by atoms with Crippen molar-refractivity contribution in [3.63, 3.8) is 0 Å². The van der Waals surface area contributed by atoms with Gasteiger partial charge in [0.05, 0.1) is 12.7 Å². The van der Waals surface area contributed by atoms with Gasteiger partial charge in [-0.05, 0) is 43.9 Å². The Labute approximate surface area is 116 Å². The van der Waals surface area contributed by atoms with Crippen molar-refractivity contribution in [3.05, 3.63) is 29.8 Å². The number of aliphatic hydroxyl groups is 1. The highest BCUT2D eigenvalue weighted by Crippen LogP contribution is 2.33. The molecule has 106 valence electrons. The first-order valence-electron chi connectivity index (χ1n) is 7.24. The van der Waals surface area contributed by atoms with Gasteiger partial charge in [0.2, 0.25) is 0 Å². The van der Waals surface area contributed by atoms with Crippen molar-refractivity contribution in [1.29, 1.82) is 0 Å². The Hall–Kier alpha value is -1.06. The maximum atomic E-state index is 10.7. The largest absolute Gasteiger partial charge is 0.496 e. The fourth-order valence-corrected chi connectivity index (χ4v) is 3.03. The SMILES string of the molecule is CCNC1CCC(O)(Cc2ccccc2OC)CC1. The first-order chi connectivity index (χ1) is 9.17. The number of hydrogen-bond donors (Lipinski definition) is 2. The predicted molar refractivity (Wildman–Crippen MR) is 77.6 cm³/mol. The normalized spacial score (nSPS) is 27.2. The molecule has 2 N–H and O–H groups in total. The van der Waals surface area contributed by atoms with Gasteiger partial charge in [0.1, 0.15) is 5.75 Å². The van der Waals surface area contributed by atoms with E-state index >= 15 is 0 Å². The summed E-state index contributed by atoms with van der Waals surface area (Å²) in [6.45, 7) is 3.14. The number of nitrogens with one attached hydrogen (secondary N) is 1. The number of para-hydroxylation sites is 1. The second-order valence-electron chi connectivity index (χ2n) is 5.54. The Bertz CT molecular complexity index is 397. The Morgan fingerprint density at radius 1 is 1.32 bits per heavy atom. The lowest BCUT2D eigenvalue weighted by atomic mass is 9.78. The molecular formula is C16H25NO2. The second kappa shape index (κ2) is 6.40. The van der Waals surface area contributed by atoms with Gasteiger partial charge in [-0.3, -0.25) is 0 Å². The van der Waals surface area contributed by atoms with Crippen molar-refractivity contribution >= 4 is 0 Å². The van der Waals surface area contributed by atoms with Gasteiger partial charge in [0.15, 0.2) is 0 Å². The van der Waals surface area contributed by atoms with E-state index in [0.29, 0.717) is 12.5 Å². The van der Waals surface area contributed by atoms with E-state index in [1.165, 1.54) is 0 Å². The van der Waals surface area contributed by atoms with E-state index in [1.54, 1.807) is 7.11 Å². The summed E-state index contributed by atoms with van der Waals surface area (Å²) in [5.41, 5.74) is 0.537. The lowest BCUT2D eigenvalue weighted by molar-refractivity contribution is -0.00335. The fraction of sp³-hybridized carbons (Fsp3) is 0.625. The molecule has 0 aliphatic heterocycles. The summed E-state index contributed by atoms with van der Waals surface area (Å²) in [5, 5.41) is 14.2. The molecule has 3 nitrogen and oxygen atoms in total. The van der Waals surface area contributed by atoms with Crippen molar-refractivity contribution in [2.75, 3.05) is 13.7 Å². The third-order valence-electron chi connectivity index (χ3n) is 4.12. The van der Waals surface area contributed by atoms with Crippen LogP contribution in [0.25, 0.3) is 0 Å². The summed E-state index contributed by atoms with van der Waals surface area (Å²) in [7, 11) is 1.69. The van der Waals surface area contributed by atoms with E-state index in [2.05, 4.69) is 12.2 Å². The van der Waals surface area contributed by atoms with Crippen molar-refractivity contribution < 1.29 is 9.84 Å². The van der Waals surface area contributed by atoms with Crippen LogP contribution in [-0.2, 0) is 6.42 Å². The molecule has 1 aliphatic rings. The number of methoxy groups -OCH3 is 1. The maximum absolute atomic E-state index is 10.7.